The molecule has 1 N–H and O–H groups in total. The molecule has 1 saturated heterocycles. The van der Waals surface area contributed by atoms with Gasteiger partial charge in [0.05, 0.1) is 0 Å². The minimum Gasteiger partial charge on any atom is -0.459 e. The second-order valence-corrected chi connectivity index (χ2v) is 5.91. The number of thioether (sulfide) groups is 1. The van der Waals surface area contributed by atoms with Gasteiger partial charge in [0.25, 0.3) is 0 Å². The van der Waals surface area contributed by atoms with Gasteiger partial charge >= 0.3 is 5.97 Å². The molecule has 0 spiro atoms. The van der Waals surface area contributed by atoms with E-state index in [1.807, 2.05) is 0 Å². The van der Waals surface area contributed by atoms with Gasteiger partial charge in [-0.05, 0) is 18.6 Å². The lowest BCUT2D eigenvalue weighted by molar-refractivity contribution is -0.142. The molecule has 1 aromatic heterocycles. The van der Waals surface area contributed by atoms with Crippen molar-refractivity contribution in [1.82, 2.24) is 4.90 Å². The molecule has 1 atom stereocenters. The number of ether oxygens (including phenoxy) is 1. The van der Waals surface area contributed by atoms with Crippen molar-refractivity contribution >= 4 is 23.6 Å². The third-order valence-electron chi connectivity index (χ3n) is 3.10. The highest BCUT2D eigenvalue weighted by molar-refractivity contribution is 7.99. The summed E-state index contributed by atoms with van der Waals surface area (Å²) < 4.78 is 10.6. The summed E-state index contributed by atoms with van der Waals surface area (Å²) in [5, 5.41) is 8.77. The summed E-state index contributed by atoms with van der Waals surface area (Å²) in [6.07, 6.45) is 1.05. The lowest BCUT2D eigenvalue weighted by atomic mass is 10.3. The lowest BCUT2D eigenvalue weighted by Crippen LogP contribution is -2.38. The van der Waals surface area contributed by atoms with Crippen LogP contribution in [0.2, 0.25) is 0 Å². The van der Waals surface area contributed by atoms with E-state index >= 15 is 0 Å². The van der Waals surface area contributed by atoms with Crippen LogP contribution in [0.15, 0.2) is 16.5 Å². The number of nitrogens with zero attached hydrogens (tertiary/aromatic N) is 1. The summed E-state index contributed by atoms with van der Waals surface area (Å²) in [6.45, 7) is 2.00. The molecule has 6 nitrogen and oxygen atoms in total. The van der Waals surface area contributed by atoms with Crippen molar-refractivity contribution in [1.29, 1.82) is 0 Å². The normalized spacial score (nSPS) is 18.9. The molecule has 2 heterocycles. The molecule has 116 valence electrons. The second-order valence-electron chi connectivity index (χ2n) is 4.72. The van der Waals surface area contributed by atoms with Crippen molar-refractivity contribution in [2.24, 2.45) is 0 Å². The molecule has 1 aliphatic rings. The quantitative estimate of drug-likeness (QED) is 0.805. The van der Waals surface area contributed by atoms with E-state index in [-0.39, 0.29) is 30.5 Å². The number of furan rings is 1. The Morgan fingerprint density at radius 2 is 2.38 bits per heavy atom. The Morgan fingerprint density at radius 1 is 1.57 bits per heavy atom. The van der Waals surface area contributed by atoms with Crippen LogP contribution in [0, 0.1) is 0 Å². The first-order valence-corrected chi connectivity index (χ1v) is 7.90. The molecule has 1 fully saturated rings. The molecule has 1 unspecified atom stereocenters. The van der Waals surface area contributed by atoms with Crippen molar-refractivity contribution in [3.63, 3.8) is 0 Å². The molecule has 0 radical (unpaired) electrons. The van der Waals surface area contributed by atoms with E-state index in [0.717, 1.165) is 5.75 Å². The zero-order chi connectivity index (χ0) is 15.2. The van der Waals surface area contributed by atoms with E-state index < -0.39 is 0 Å². The van der Waals surface area contributed by atoms with E-state index in [2.05, 4.69) is 0 Å². The Kier molecular flexibility index (Phi) is 5.69. The summed E-state index contributed by atoms with van der Waals surface area (Å²) in [4.78, 5) is 24.6. The van der Waals surface area contributed by atoms with E-state index in [1.54, 1.807) is 28.8 Å². The first kappa shape index (κ1) is 15.9. The highest BCUT2D eigenvalue weighted by atomic mass is 32.2. The molecule has 1 aromatic rings. The Bertz CT molecular complexity index is 501. The molecule has 0 saturated carbocycles. The highest BCUT2D eigenvalue weighted by Crippen LogP contribution is 2.38. The molecule has 2 rings (SSSR count). The molecule has 0 aliphatic carbocycles. The number of aliphatic hydroxyl groups excluding tert-OH is 1. The van der Waals surface area contributed by atoms with Crippen molar-refractivity contribution in [2.75, 3.05) is 18.9 Å². The molecular weight excluding hydrogens is 294 g/mol. The first-order valence-electron chi connectivity index (χ1n) is 6.85. The van der Waals surface area contributed by atoms with Crippen molar-refractivity contribution in [3.05, 3.63) is 23.7 Å². The molecular formula is C14H19NO5S. The largest absolute Gasteiger partial charge is 0.459 e. The fraction of sp³-hybridized carbons (Fsp3) is 0.571. The number of aliphatic hydroxyl groups is 1. The fourth-order valence-corrected chi connectivity index (χ4v) is 3.33. The average Bonchev–Trinajstić information content (AvgIpc) is 2.92. The molecule has 1 aliphatic heterocycles. The number of carbonyl (C=O) groups is 2. The standard InChI is InChI=1S/C14H19NO5S/c1-10(17)19-9-11-3-4-12(20-11)14-15(6-2-7-16)13(18)5-8-21-14/h3-4,14,16H,2,5-9H2,1H3. The molecule has 1 amide bonds. The van der Waals surface area contributed by atoms with Crippen LogP contribution < -0.4 is 0 Å². The number of amides is 1. The van der Waals surface area contributed by atoms with Crippen LogP contribution >= 0.6 is 11.8 Å². The Hall–Kier alpha value is -1.47. The van der Waals surface area contributed by atoms with Crippen LogP contribution in [-0.2, 0) is 20.9 Å². The van der Waals surface area contributed by atoms with E-state index in [4.69, 9.17) is 14.3 Å². The molecule has 0 aromatic carbocycles. The predicted molar refractivity (Wildman–Crippen MR) is 77.4 cm³/mol. The van der Waals surface area contributed by atoms with Gasteiger partial charge in [-0.1, -0.05) is 0 Å². The zero-order valence-corrected chi connectivity index (χ0v) is 12.7. The summed E-state index contributed by atoms with van der Waals surface area (Å²) in [5.74, 6) is 1.69. The third kappa shape index (κ3) is 4.25. The Morgan fingerprint density at radius 3 is 3.10 bits per heavy atom. The summed E-state index contributed by atoms with van der Waals surface area (Å²) >= 11 is 1.64. The van der Waals surface area contributed by atoms with Crippen LogP contribution in [-0.4, -0.2) is 40.8 Å². The second kappa shape index (κ2) is 7.51. The summed E-state index contributed by atoms with van der Waals surface area (Å²) in [7, 11) is 0. The highest BCUT2D eigenvalue weighted by Gasteiger charge is 2.31. The average molecular weight is 313 g/mol. The van der Waals surface area contributed by atoms with Gasteiger partial charge in [0.15, 0.2) is 0 Å². The van der Waals surface area contributed by atoms with Gasteiger partial charge in [0, 0.05) is 32.2 Å². The van der Waals surface area contributed by atoms with Gasteiger partial charge in [0.1, 0.15) is 23.5 Å². The Balaban J connectivity index is 2.06. The summed E-state index contributed by atoms with van der Waals surface area (Å²) in [5.41, 5.74) is 0. The lowest BCUT2D eigenvalue weighted by Gasteiger charge is -2.33. The maximum absolute atomic E-state index is 12.0. The molecule has 0 bridgehead atoms. The van der Waals surface area contributed by atoms with Gasteiger partial charge in [-0.25, -0.2) is 0 Å². The minimum absolute atomic E-state index is 0.0526. The number of hydrogen-bond donors (Lipinski definition) is 1. The van der Waals surface area contributed by atoms with Gasteiger partial charge < -0.3 is 19.2 Å². The van der Waals surface area contributed by atoms with Crippen LogP contribution in [0.4, 0.5) is 0 Å². The summed E-state index contributed by atoms with van der Waals surface area (Å²) in [6, 6.07) is 3.56. The maximum atomic E-state index is 12.0. The van der Waals surface area contributed by atoms with Crippen molar-refractivity contribution in [2.45, 2.75) is 31.7 Å². The van der Waals surface area contributed by atoms with E-state index in [0.29, 0.717) is 30.9 Å². The minimum atomic E-state index is -0.361. The van der Waals surface area contributed by atoms with Crippen LogP contribution in [0.1, 0.15) is 36.7 Å². The van der Waals surface area contributed by atoms with Crippen LogP contribution in [0.5, 0.6) is 0 Å². The van der Waals surface area contributed by atoms with Crippen LogP contribution in [0.25, 0.3) is 0 Å². The first-order chi connectivity index (χ1) is 10.1. The monoisotopic (exact) mass is 313 g/mol. The number of rotatable bonds is 6. The van der Waals surface area contributed by atoms with Crippen LogP contribution in [0.3, 0.4) is 0 Å². The van der Waals surface area contributed by atoms with Gasteiger partial charge in [0.2, 0.25) is 5.91 Å². The number of carbonyl (C=O) groups excluding carboxylic acids is 2. The maximum Gasteiger partial charge on any atom is 0.303 e. The topological polar surface area (TPSA) is 80.0 Å². The van der Waals surface area contributed by atoms with Gasteiger partial charge in [-0.2, -0.15) is 0 Å². The molecule has 7 heteroatoms. The molecule has 21 heavy (non-hydrogen) atoms. The number of esters is 1. The van der Waals surface area contributed by atoms with Gasteiger partial charge in [-0.15, -0.1) is 11.8 Å². The van der Waals surface area contributed by atoms with E-state index in [1.165, 1.54) is 6.92 Å². The predicted octanol–water partition coefficient (Wildman–Crippen LogP) is 1.69. The van der Waals surface area contributed by atoms with Crippen molar-refractivity contribution < 1.29 is 23.8 Å². The third-order valence-corrected chi connectivity index (χ3v) is 4.34. The Labute approximate surface area is 127 Å². The van der Waals surface area contributed by atoms with Crippen molar-refractivity contribution in [3.8, 4) is 0 Å². The smallest absolute Gasteiger partial charge is 0.303 e. The SMILES string of the molecule is CC(=O)OCc1ccc(C2SCCC(=O)N2CCCO)o1. The van der Waals surface area contributed by atoms with Gasteiger partial charge in [-0.3, -0.25) is 9.59 Å². The zero-order valence-electron chi connectivity index (χ0n) is 11.9. The number of hydrogen-bond acceptors (Lipinski definition) is 6. The fourth-order valence-electron chi connectivity index (χ4n) is 2.12. The van der Waals surface area contributed by atoms with E-state index in [9.17, 15) is 9.59 Å².